The van der Waals surface area contributed by atoms with Crippen molar-refractivity contribution in [3.8, 4) is 5.95 Å². The number of hydrogen-bond acceptors (Lipinski definition) is 5. The Morgan fingerprint density at radius 1 is 1.06 bits per heavy atom. The summed E-state index contributed by atoms with van der Waals surface area (Å²) in [5.41, 5.74) is 3.62. The molecule has 0 aliphatic carbocycles. The molecule has 9 nitrogen and oxygen atoms in total. The van der Waals surface area contributed by atoms with Gasteiger partial charge in [-0.3, -0.25) is 14.9 Å². The highest BCUT2D eigenvalue weighted by Gasteiger charge is 2.19. The lowest BCUT2D eigenvalue weighted by Crippen LogP contribution is -2.17. The molecule has 2 aromatic heterocycles. The lowest BCUT2D eigenvalue weighted by Gasteiger charge is -2.12. The fourth-order valence-electron chi connectivity index (χ4n) is 3.82. The summed E-state index contributed by atoms with van der Waals surface area (Å²) in [7, 11) is 0. The number of nitro groups is 1. The van der Waals surface area contributed by atoms with E-state index in [4.69, 9.17) is 16.6 Å². The Morgan fingerprint density at radius 2 is 1.77 bits per heavy atom. The Labute approximate surface area is 204 Å². The Morgan fingerprint density at radius 3 is 2.49 bits per heavy atom. The molecule has 0 atom stereocenters. The van der Waals surface area contributed by atoms with Crippen LogP contribution in [0.15, 0.2) is 78.9 Å². The van der Waals surface area contributed by atoms with Crippen LogP contribution in [0.5, 0.6) is 0 Å². The molecule has 0 aliphatic heterocycles. The molecule has 0 saturated heterocycles. The normalized spacial score (nSPS) is 11.0. The van der Waals surface area contributed by atoms with E-state index in [2.05, 4.69) is 10.4 Å². The van der Waals surface area contributed by atoms with Crippen molar-refractivity contribution in [3.63, 3.8) is 0 Å². The molecule has 5 rings (SSSR count). The number of para-hydroxylation sites is 2. The van der Waals surface area contributed by atoms with E-state index in [0.717, 1.165) is 16.6 Å². The number of nitrogens with zero attached hydrogens (tertiary/aromatic N) is 5. The topological polar surface area (TPSA) is 108 Å². The standard InChI is InChI=1S/C25H19ClN6O3/c1-16-14-23(28-24(33)18-8-12-20(13-9-18)32(34)35)31(29-16)25-27-21-4-2-3-5-22(21)30(25)15-17-6-10-19(26)11-7-17/h2-14H,15H2,1H3,(H,28,33). The third-order valence-electron chi connectivity index (χ3n) is 5.49. The molecule has 1 amide bonds. The third-order valence-corrected chi connectivity index (χ3v) is 5.74. The van der Waals surface area contributed by atoms with Crippen LogP contribution in [-0.4, -0.2) is 30.2 Å². The minimum absolute atomic E-state index is 0.0849. The number of nitro benzene ring substituents is 1. The van der Waals surface area contributed by atoms with Crippen LogP contribution < -0.4 is 5.32 Å². The molecule has 0 spiro atoms. The SMILES string of the molecule is Cc1cc(NC(=O)c2ccc([N+](=O)[O-])cc2)n(-c2nc3ccccc3n2Cc2ccc(Cl)cc2)n1. The number of amides is 1. The van der Waals surface area contributed by atoms with E-state index >= 15 is 0 Å². The van der Waals surface area contributed by atoms with Crippen LogP contribution in [0.2, 0.25) is 5.02 Å². The van der Waals surface area contributed by atoms with Gasteiger partial charge in [0.15, 0.2) is 0 Å². The molecule has 174 valence electrons. The molecule has 1 N–H and O–H groups in total. The molecule has 0 saturated carbocycles. The maximum atomic E-state index is 12.9. The van der Waals surface area contributed by atoms with Gasteiger partial charge in [0.05, 0.1) is 28.2 Å². The highest BCUT2D eigenvalue weighted by Crippen LogP contribution is 2.25. The van der Waals surface area contributed by atoms with E-state index in [-0.39, 0.29) is 11.3 Å². The van der Waals surface area contributed by atoms with Crippen molar-refractivity contribution < 1.29 is 9.72 Å². The van der Waals surface area contributed by atoms with Crippen molar-refractivity contribution in [2.24, 2.45) is 0 Å². The molecule has 35 heavy (non-hydrogen) atoms. The summed E-state index contributed by atoms with van der Waals surface area (Å²) in [4.78, 5) is 28.1. The fourth-order valence-corrected chi connectivity index (χ4v) is 3.94. The first-order chi connectivity index (χ1) is 16.9. The molecule has 0 radical (unpaired) electrons. The highest BCUT2D eigenvalue weighted by atomic mass is 35.5. The molecule has 3 aromatic carbocycles. The van der Waals surface area contributed by atoms with Gasteiger partial charge in [-0.25, -0.2) is 4.98 Å². The summed E-state index contributed by atoms with van der Waals surface area (Å²) in [5, 5.41) is 19.0. The number of aromatic nitrogens is 4. The van der Waals surface area contributed by atoms with E-state index < -0.39 is 10.8 Å². The van der Waals surface area contributed by atoms with Gasteiger partial charge < -0.3 is 9.88 Å². The van der Waals surface area contributed by atoms with Crippen LogP contribution in [0.4, 0.5) is 11.5 Å². The third kappa shape index (κ3) is 4.49. The molecular formula is C25H19ClN6O3. The van der Waals surface area contributed by atoms with E-state index in [1.54, 1.807) is 10.7 Å². The zero-order chi connectivity index (χ0) is 24.5. The quantitative estimate of drug-likeness (QED) is 0.255. The number of nitrogens with one attached hydrogen (secondary N) is 1. The number of imidazole rings is 1. The maximum absolute atomic E-state index is 12.9. The maximum Gasteiger partial charge on any atom is 0.269 e. The zero-order valence-corrected chi connectivity index (χ0v) is 19.3. The summed E-state index contributed by atoms with van der Waals surface area (Å²) < 4.78 is 3.61. The van der Waals surface area contributed by atoms with Crippen molar-refractivity contribution in [2.75, 3.05) is 5.32 Å². The number of non-ortho nitro benzene ring substituents is 1. The molecule has 0 aliphatic rings. The second-order valence-corrected chi connectivity index (χ2v) is 8.39. The number of carbonyl (C=O) groups is 1. The number of fused-ring (bicyclic) bond motifs is 1. The first-order valence-corrected chi connectivity index (χ1v) is 11.1. The van der Waals surface area contributed by atoms with Gasteiger partial charge in [-0.2, -0.15) is 9.78 Å². The van der Waals surface area contributed by atoms with Gasteiger partial charge in [-0.15, -0.1) is 0 Å². The highest BCUT2D eigenvalue weighted by molar-refractivity contribution is 6.30. The summed E-state index contributed by atoms with van der Waals surface area (Å²) >= 11 is 6.06. The predicted molar refractivity (Wildman–Crippen MR) is 133 cm³/mol. The van der Waals surface area contributed by atoms with Crippen LogP contribution in [0, 0.1) is 17.0 Å². The summed E-state index contributed by atoms with van der Waals surface area (Å²) in [6, 6.07) is 22.5. The predicted octanol–water partition coefficient (Wildman–Crippen LogP) is 5.39. The average molecular weight is 487 g/mol. The van der Waals surface area contributed by atoms with E-state index in [9.17, 15) is 14.9 Å². The monoisotopic (exact) mass is 486 g/mol. The van der Waals surface area contributed by atoms with Crippen LogP contribution in [0.25, 0.3) is 17.0 Å². The number of carbonyl (C=O) groups excluding carboxylic acids is 1. The molecular weight excluding hydrogens is 468 g/mol. The molecule has 10 heteroatoms. The number of halogens is 1. The smallest absolute Gasteiger partial charge is 0.269 e. The number of rotatable bonds is 6. The second kappa shape index (κ2) is 9.03. The lowest BCUT2D eigenvalue weighted by atomic mass is 10.2. The van der Waals surface area contributed by atoms with Gasteiger partial charge in [-0.1, -0.05) is 35.9 Å². The first kappa shape index (κ1) is 22.3. The van der Waals surface area contributed by atoms with Crippen LogP contribution >= 0.6 is 11.6 Å². The number of aryl methyl sites for hydroxylation is 1. The Kier molecular flexibility index (Phi) is 5.76. The Bertz CT molecular complexity index is 1550. The van der Waals surface area contributed by atoms with E-state index in [1.807, 2.05) is 60.0 Å². The molecule has 0 fully saturated rings. The van der Waals surface area contributed by atoms with Crippen LogP contribution in [-0.2, 0) is 6.54 Å². The number of benzene rings is 3. The van der Waals surface area contributed by atoms with Gasteiger partial charge in [-0.05, 0) is 48.9 Å². The first-order valence-electron chi connectivity index (χ1n) is 10.7. The fraction of sp³-hybridized carbons (Fsp3) is 0.0800. The molecule has 5 aromatic rings. The van der Waals surface area contributed by atoms with Crippen molar-refractivity contribution in [1.29, 1.82) is 0 Å². The van der Waals surface area contributed by atoms with Crippen molar-refractivity contribution >= 4 is 40.0 Å². The average Bonchev–Trinajstić information content (AvgIpc) is 3.40. The Hall–Kier alpha value is -4.50. The second-order valence-electron chi connectivity index (χ2n) is 7.95. The minimum atomic E-state index is -0.509. The van der Waals surface area contributed by atoms with Gasteiger partial charge in [0.25, 0.3) is 11.6 Å². The van der Waals surface area contributed by atoms with E-state index in [0.29, 0.717) is 29.0 Å². The van der Waals surface area contributed by atoms with E-state index in [1.165, 1.54) is 24.3 Å². The number of hydrogen-bond donors (Lipinski definition) is 1. The van der Waals surface area contributed by atoms with Crippen LogP contribution in [0.1, 0.15) is 21.6 Å². The zero-order valence-electron chi connectivity index (χ0n) is 18.6. The summed E-state index contributed by atoms with van der Waals surface area (Å²) in [6.07, 6.45) is 0. The largest absolute Gasteiger partial charge is 0.306 e. The van der Waals surface area contributed by atoms with Gasteiger partial charge >= 0.3 is 0 Å². The minimum Gasteiger partial charge on any atom is -0.306 e. The van der Waals surface area contributed by atoms with Crippen molar-refractivity contribution in [3.05, 3.63) is 111 Å². The van der Waals surface area contributed by atoms with Crippen molar-refractivity contribution in [2.45, 2.75) is 13.5 Å². The van der Waals surface area contributed by atoms with Gasteiger partial charge in [0.1, 0.15) is 5.82 Å². The molecule has 0 bridgehead atoms. The van der Waals surface area contributed by atoms with Crippen molar-refractivity contribution in [1.82, 2.24) is 19.3 Å². The summed E-state index contributed by atoms with van der Waals surface area (Å²) in [5.74, 6) is 0.549. The van der Waals surface area contributed by atoms with Gasteiger partial charge in [0.2, 0.25) is 5.95 Å². The molecule has 2 heterocycles. The Balaban J connectivity index is 1.54. The molecule has 0 unspecified atom stereocenters. The van der Waals surface area contributed by atoms with Crippen LogP contribution in [0.3, 0.4) is 0 Å². The van der Waals surface area contributed by atoms with Gasteiger partial charge in [0, 0.05) is 28.8 Å². The lowest BCUT2D eigenvalue weighted by molar-refractivity contribution is -0.384. The number of anilines is 1. The summed E-state index contributed by atoms with van der Waals surface area (Å²) in [6.45, 7) is 2.34.